The molecule has 16 heavy (non-hydrogen) atoms. The standard InChI is InChI=1S/C12H19N3S/c1-2-16-11-6-3-5-10(11)15-9-12-13-7-4-8-14-12/h4,7-8,10-11,15H,2-3,5-6,9H2,1H3. The van der Waals surface area contributed by atoms with E-state index < -0.39 is 0 Å². The van der Waals surface area contributed by atoms with E-state index in [0.717, 1.165) is 17.6 Å². The van der Waals surface area contributed by atoms with E-state index in [1.807, 2.05) is 6.07 Å². The van der Waals surface area contributed by atoms with E-state index in [2.05, 4.69) is 34.0 Å². The number of nitrogens with zero attached hydrogens (tertiary/aromatic N) is 2. The molecule has 1 aliphatic carbocycles. The molecule has 0 saturated heterocycles. The van der Waals surface area contributed by atoms with Crippen LogP contribution in [0.3, 0.4) is 0 Å². The van der Waals surface area contributed by atoms with Crippen LogP contribution in [-0.2, 0) is 6.54 Å². The van der Waals surface area contributed by atoms with Gasteiger partial charge in [-0.05, 0) is 24.7 Å². The van der Waals surface area contributed by atoms with Crippen molar-refractivity contribution in [3.05, 3.63) is 24.3 Å². The SMILES string of the molecule is CCSC1CCCC1NCc1ncccn1. The molecule has 0 bridgehead atoms. The van der Waals surface area contributed by atoms with E-state index in [9.17, 15) is 0 Å². The largest absolute Gasteiger partial charge is 0.306 e. The minimum absolute atomic E-state index is 0.647. The average molecular weight is 237 g/mol. The number of aromatic nitrogens is 2. The van der Waals surface area contributed by atoms with Gasteiger partial charge < -0.3 is 5.32 Å². The summed E-state index contributed by atoms with van der Waals surface area (Å²) in [6.45, 7) is 3.03. The summed E-state index contributed by atoms with van der Waals surface area (Å²) < 4.78 is 0. The molecule has 2 atom stereocenters. The molecule has 88 valence electrons. The maximum atomic E-state index is 4.23. The third-order valence-electron chi connectivity index (χ3n) is 2.97. The van der Waals surface area contributed by atoms with Crippen molar-refractivity contribution < 1.29 is 0 Å². The third kappa shape index (κ3) is 3.19. The van der Waals surface area contributed by atoms with Gasteiger partial charge >= 0.3 is 0 Å². The van der Waals surface area contributed by atoms with Gasteiger partial charge in [0, 0.05) is 23.7 Å². The summed E-state index contributed by atoms with van der Waals surface area (Å²) >= 11 is 2.08. The van der Waals surface area contributed by atoms with E-state index in [4.69, 9.17) is 0 Å². The fourth-order valence-electron chi connectivity index (χ4n) is 2.22. The Hall–Kier alpha value is -0.610. The van der Waals surface area contributed by atoms with Crippen molar-refractivity contribution in [2.24, 2.45) is 0 Å². The maximum Gasteiger partial charge on any atom is 0.141 e. The molecule has 0 radical (unpaired) electrons. The van der Waals surface area contributed by atoms with E-state index in [1.165, 1.54) is 25.0 Å². The number of nitrogens with one attached hydrogen (secondary N) is 1. The van der Waals surface area contributed by atoms with E-state index >= 15 is 0 Å². The Labute approximate surface area is 101 Å². The topological polar surface area (TPSA) is 37.8 Å². The summed E-state index contributed by atoms with van der Waals surface area (Å²) in [5.74, 6) is 2.11. The summed E-state index contributed by atoms with van der Waals surface area (Å²) in [4.78, 5) is 8.46. The van der Waals surface area contributed by atoms with Gasteiger partial charge in [-0.1, -0.05) is 13.3 Å². The van der Waals surface area contributed by atoms with Crippen molar-refractivity contribution >= 4 is 11.8 Å². The molecule has 4 heteroatoms. The number of hydrogen-bond donors (Lipinski definition) is 1. The van der Waals surface area contributed by atoms with Gasteiger partial charge in [0.05, 0.1) is 6.54 Å². The van der Waals surface area contributed by atoms with Crippen molar-refractivity contribution in [1.82, 2.24) is 15.3 Å². The van der Waals surface area contributed by atoms with Crippen LogP contribution < -0.4 is 5.32 Å². The van der Waals surface area contributed by atoms with Gasteiger partial charge in [-0.2, -0.15) is 11.8 Å². The van der Waals surface area contributed by atoms with E-state index in [-0.39, 0.29) is 0 Å². The first kappa shape index (κ1) is 11.9. The van der Waals surface area contributed by atoms with Gasteiger partial charge in [0.25, 0.3) is 0 Å². The summed E-state index contributed by atoms with van der Waals surface area (Å²) in [7, 11) is 0. The van der Waals surface area contributed by atoms with Crippen LogP contribution in [0.25, 0.3) is 0 Å². The molecule has 1 heterocycles. The first-order chi connectivity index (χ1) is 7.90. The molecule has 0 aromatic carbocycles. The van der Waals surface area contributed by atoms with Crippen LogP contribution in [-0.4, -0.2) is 27.0 Å². The van der Waals surface area contributed by atoms with Crippen LogP contribution >= 0.6 is 11.8 Å². The molecule has 2 unspecified atom stereocenters. The number of hydrogen-bond acceptors (Lipinski definition) is 4. The zero-order chi connectivity index (χ0) is 11.2. The lowest BCUT2D eigenvalue weighted by atomic mass is 10.2. The predicted molar refractivity (Wildman–Crippen MR) is 68.4 cm³/mol. The maximum absolute atomic E-state index is 4.23. The van der Waals surface area contributed by atoms with Gasteiger partial charge in [0.2, 0.25) is 0 Å². The Morgan fingerprint density at radius 2 is 2.19 bits per heavy atom. The lowest BCUT2D eigenvalue weighted by Crippen LogP contribution is -2.34. The molecule has 1 aromatic heterocycles. The monoisotopic (exact) mass is 237 g/mol. The molecule has 2 rings (SSSR count). The zero-order valence-electron chi connectivity index (χ0n) is 9.72. The van der Waals surface area contributed by atoms with Crippen molar-refractivity contribution in [3.63, 3.8) is 0 Å². The Kier molecular flexibility index (Phi) is 4.60. The van der Waals surface area contributed by atoms with Crippen molar-refractivity contribution in [3.8, 4) is 0 Å². The molecule has 1 N–H and O–H groups in total. The smallest absolute Gasteiger partial charge is 0.141 e. The second-order valence-corrected chi connectivity index (χ2v) is 5.59. The Bertz CT molecular complexity index is 304. The van der Waals surface area contributed by atoms with Crippen LogP contribution in [0.15, 0.2) is 18.5 Å². The summed E-state index contributed by atoms with van der Waals surface area (Å²) in [6.07, 6.45) is 7.61. The van der Waals surface area contributed by atoms with Gasteiger partial charge in [0.15, 0.2) is 0 Å². The highest BCUT2D eigenvalue weighted by molar-refractivity contribution is 7.99. The molecular weight excluding hydrogens is 218 g/mol. The van der Waals surface area contributed by atoms with Gasteiger partial charge in [0.1, 0.15) is 5.82 Å². The molecule has 1 aromatic rings. The van der Waals surface area contributed by atoms with Crippen molar-refractivity contribution in [1.29, 1.82) is 0 Å². The van der Waals surface area contributed by atoms with Crippen LogP contribution in [0.2, 0.25) is 0 Å². The minimum atomic E-state index is 0.647. The normalized spacial score (nSPS) is 24.8. The second-order valence-electron chi connectivity index (χ2n) is 4.08. The Balaban J connectivity index is 1.81. The fourth-order valence-corrected chi connectivity index (χ4v) is 3.44. The lowest BCUT2D eigenvalue weighted by Gasteiger charge is -2.19. The summed E-state index contributed by atoms with van der Waals surface area (Å²) in [5.41, 5.74) is 0. The average Bonchev–Trinajstić information content (AvgIpc) is 2.76. The van der Waals surface area contributed by atoms with Crippen LogP contribution in [0.5, 0.6) is 0 Å². The lowest BCUT2D eigenvalue weighted by molar-refractivity contribution is 0.521. The molecule has 1 fully saturated rings. The molecule has 0 spiro atoms. The van der Waals surface area contributed by atoms with Crippen LogP contribution in [0.1, 0.15) is 32.0 Å². The highest BCUT2D eigenvalue weighted by Crippen LogP contribution is 2.29. The zero-order valence-corrected chi connectivity index (χ0v) is 10.5. The molecule has 3 nitrogen and oxygen atoms in total. The predicted octanol–water partition coefficient (Wildman–Crippen LogP) is 2.24. The molecule has 0 amide bonds. The summed E-state index contributed by atoms with van der Waals surface area (Å²) in [5, 5.41) is 4.37. The molecule has 1 aliphatic rings. The first-order valence-corrected chi connectivity index (χ1v) is 7.06. The minimum Gasteiger partial charge on any atom is -0.306 e. The van der Waals surface area contributed by atoms with Crippen LogP contribution in [0, 0.1) is 0 Å². The highest BCUT2D eigenvalue weighted by Gasteiger charge is 2.26. The van der Waals surface area contributed by atoms with Crippen molar-refractivity contribution in [2.75, 3.05) is 5.75 Å². The quantitative estimate of drug-likeness (QED) is 0.852. The molecular formula is C12H19N3S. The second kappa shape index (κ2) is 6.21. The summed E-state index contributed by atoms with van der Waals surface area (Å²) in [6, 6.07) is 2.50. The van der Waals surface area contributed by atoms with Gasteiger partial charge in [-0.3, -0.25) is 0 Å². The van der Waals surface area contributed by atoms with Crippen LogP contribution in [0.4, 0.5) is 0 Å². The highest BCUT2D eigenvalue weighted by atomic mass is 32.2. The Morgan fingerprint density at radius 3 is 2.94 bits per heavy atom. The molecule has 1 saturated carbocycles. The third-order valence-corrected chi connectivity index (χ3v) is 4.30. The first-order valence-electron chi connectivity index (χ1n) is 6.01. The Morgan fingerprint density at radius 1 is 1.38 bits per heavy atom. The number of thioether (sulfide) groups is 1. The van der Waals surface area contributed by atoms with Crippen molar-refractivity contribution in [2.45, 2.75) is 44.0 Å². The van der Waals surface area contributed by atoms with Gasteiger partial charge in [-0.15, -0.1) is 0 Å². The number of rotatable bonds is 5. The van der Waals surface area contributed by atoms with E-state index in [1.54, 1.807) is 12.4 Å². The fraction of sp³-hybridized carbons (Fsp3) is 0.667. The van der Waals surface area contributed by atoms with Gasteiger partial charge in [-0.25, -0.2) is 9.97 Å². The molecule has 0 aliphatic heterocycles. The van der Waals surface area contributed by atoms with E-state index in [0.29, 0.717) is 6.04 Å².